The number of para-hydroxylation sites is 1. The topological polar surface area (TPSA) is 62.3 Å². The zero-order chi connectivity index (χ0) is 20.1. The molecule has 0 saturated heterocycles. The summed E-state index contributed by atoms with van der Waals surface area (Å²) in [7, 11) is 0. The highest BCUT2D eigenvalue weighted by Gasteiger charge is 2.17. The van der Waals surface area contributed by atoms with Crippen molar-refractivity contribution in [2.75, 3.05) is 10.2 Å². The molecule has 1 aromatic heterocycles. The number of hydrogen-bond acceptors (Lipinski definition) is 4. The van der Waals surface area contributed by atoms with Gasteiger partial charge in [-0.1, -0.05) is 24.3 Å². The SMILES string of the molecule is CC(=O)N(c1ccccc1)c1nc(C=CC(=O)Nc2ccc(C)c(C)c2)cs1. The van der Waals surface area contributed by atoms with E-state index in [4.69, 9.17) is 0 Å². The Hall–Kier alpha value is -3.25. The van der Waals surface area contributed by atoms with Gasteiger partial charge in [0.25, 0.3) is 0 Å². The van der Waals surface area contributed by atoms with Crippen LogP contribution < -0.4 is 10.2 Å². The van der Waals surface area contributed by atoms with Crippen molar-refractivity contribution >= 4 is 45.7 Å². The largest absolute Gasteiger partial charge is 0.323 e. The lowest BCUT2D eigenvalue weighted by molar-refractivity contribution is -0.116. The molecule has 0 aliphatic heterocycles. The Labute approximate surface area is 168 Å². The van der Waals surface area contributed by atoms with Gasteiger partial charge in [0.15, 0.2) is 5.13 Å². The van der Waals surface area contributed by atoms with Crippen molar-refractivity contribution in [2.24, 2.45) is 0 Å². The zero-order valence-corrected chi connectivity index (χ0v) is 16.8. The summed E-state index contributed by atoms with van der Waals surface area (Å²) < 4.78 is 0. The number of anilines is 3. The van der Waals surface area contributed by atoms with E-state index in [0.29, 0.717) is 10.8 Å². The van der Waals surface area contributed by atoms with Crippen molar-refractivity contribution in [1.82, 2.24) is 4.98 Å². The third-order valence-corrected chi connectivity index (χ3v) is 5.05. The fourth-order valence-electron chi connectivity index (χ4n) is 2.62. The fourth-order valence-corrected chi connectivity index (χ4v) is 3.48. The second-order valence-electron chi connectivity index (χ2n) is 6.37. The molecule has 142 valence electrons. The van der Waals surface area contributed by atoms with Crippen molar-refractivity contribution < 1.29 is 9.59 Å². The first-order valence-electron chi connectivity index (χ1n) is 8.81. The normalized spacial score (nSPS) is 10.8. The molecule has 0 radical (unpaired) electrons. The Morgan fingerprint density at radius 1 is 1.07 bits per heavy atom. The molecule has 1 N–H and O–H groups in total. The van der Waals surface area contributed by atoms with Crippen LogP contribution in [-0.2, 0) is 9.59 Å². The first-order valence-corrected chi connectivity index (χ1v) is 9.69. The van der Waals surface area contributed by atoms with Crippen molar-refractivity contribution in [2.45, 2.75) is 20.8 Å². The summed E-state index contributed by atoms with van der Waals surface area (Å²) in [6.07, 6.45) is 3.08. The van der Waals surface area contributed by atoms with Gasteiger partial charge in [-0.25, -0.2) is 4.98 Å². The molecule has 3 aromatic rings. The molecule has 0 unspecified atom stereocenters. The monoisotopic (exact) mass is 391 g/mol. The standard InChI is InChI=1S/C22H21N3O2S/c1-15-9-10-18(13-16(15)2)23-21(27)12-11-19-14-28-22(24-19)25(17(3)26)20-7-5-4-6-8-20/h4-14H,1-3H3,(H,23,27). The van der Waals surface area contributed by atoms with E-state index in [9.17, 15) is 9.59 Å². The second-order valence-corrected chi connectivity index (χ2v) is 7.20. The van der Waals surface area contributed by atoms with E-state index in [-0.39, 0.29) is 11.8 Å². The van der Waals surface area contributed by atoms with E-state index in [0.717, 1.165) is 16.9 Å². The highest BCUT2D eigenvalue weighted by Crippen LogP contribution is 2.29. The number of thiazole rings is 1. The number of nitrogens with zero attached hydrogens (tertiary/aromatic N) is 2. The fraction of sp³-hybridized carbons (Fsp3) is 0.136. The Morgan fingerprint density at radius 3 is 2.50 bits per heavy atom. The van der Waals surface area contributed by atoms with Crippen LogP contribution in [0.2, 0.25) is 0 Å². The minimum Gasteiger partial charge on any atom is -0.323 e. The molecular formula is C22H21N3O2S. The lowest BCUT2D eigenvalue weighted by Gasteiger charge is -2.17. The zero-order valence-electron chi connectivity index (χ0n) is 16.0. The van der Waals surface area contributed by atoms with Crippen LogP contribution in [0.5, 0.6) is 0 Å². The number of amides is 2. The maximum Gasteiger partial charge on any atom is 0.248 e. The molecule has 28 heavy (non-hydrogen) atoms. The molecule has 0 aliphatic rings. The van der Waals surface area contributed by atoms with Gasteiger partial charge in [-0.15, -0.1) is 11.3 Å². The van der Waals surface area contributed by atoms with E-state index in [2.05, 4.69) is 10.3 Å². The van der Waals surface area contributed by atoms with E-state index in [1.54, 1.807) is 11.0 Å². The number of benzene rings is 2. The maximum atomic E-state index is 12.2. The second kappa shape index (κ2) is 8.63. The average molecular weight is 391 g/mol. The molecule has 0 spiro atoms. The third kappa shape index (κ3) is 4.72. The molecule has 0 saturated carbocycles. The number of carbonyl (C=O) groups excluding carboxylic acids is 2. The molecule has 2 amide bonds. The summed E-state index contributed by atoms with van der Waals surface area (Å²) in [5.74, 6) is -0.354. The average Bonchev–Trinajstić information content (AvgIpc) is 3.12. The molecule has 3 rings (SSSR count). The summed E-state index contributed by atoms with van der Waals surface area (Å²) >= 11 is 1.35. The van der Waals surface area contributed by atoms with Crippen LogP contribution in [-0.4, -0.2) is 16.8 Å². The highest BCUT2D eigenvalue weighted by molar-refractivity contribution is 7.14. The summed E-state index contributed by atoms with van der Waals surface area (Å²) in [6.45, 7) is 5.53. The van der Waals surface area contributed by atoms with Gasteiger partial charge < -0.3 is 5.32 Å². The molecule has 0 bridgehead atoms. The Morgan fingerprint density at radius 2 is 1.82 bits per heavy atom. The van der Waals surface area contributed by atoms with Crippen LogP contribution in [0.25, 0.3) is 6.08 Å². The van der Waals surface area contributed by atoms with Crippen LogP contribution in [0.1, 0.15) is 23.7 Å². The molecule has 0 atom stereocenters. The van der Waals surface area contributed by atoms with Gasteiger partial charge in [0.1, 0.15) is 0 Å². The Bertz CT molecular complexity index is 1030. The first kappa shape index (κ1) is 19.5. The predicted molar refractivity (Wildman–Crippen MR) is 115 cm³/mol. The first-order chi connectivity index (χ1) is 13.4. The van der Waals surface area contributed by atoms with E-state index in [1.165, 1.54) is 29.9 Å². The van der Waals surface area contributed by atoms with Crippen molar-refractivity contribution in [3.05, 3.63) is 76.8 Å². The number of hydrogen-bond donors (Lipinski definition) is 1. The van der Waals surface area contributed by atoms with Crippen LogP contribution in [0.4, 0.5) is 16.5 Å². The minimum atomic E-state index is -0.232. The van der Waals surface area contributed by atoms with Crippen LogP contribution in [0.3, 0.4) is 0 Å². The molecule has 2 aromatic carbocycles. The summed E-state index contributed by atoms with van der Waals surface area (Å²) in [5.41, 5.74) is 4.43. The van der Waals surface area contributed by atoms with Gasteiger partial charge >= 0.3 is 0 Å². The highest BCUT2D eigenvalue weighted by atomic mass is 32.1. The van der Waals surface area contributed by atoms with Gasteiger partial charge in [0.05, 0.1) is 11.4 Å². The quantitative estimate of drug-likeness (QED) is 0.616. The van der Waals surface area contributed by atoms with Crippen LogP contribution >= 0.6 is 11.3 Å². The van der Waals surface area contributed by atoms with Crippen molar-refractivity contribution in [1.29, 1.82) is 0 Å². The number of nitrogens with one attached hydrogen (secondary N) is 1. The molecule has 1 heterocycles. The van der Waals surface area contributed by atoms with Gasteiger partial charge in [-0.2, -0.15) is 0 Å². The van der Waals surface area contributed by atoms with Gasteiger partial charge in [0.2, 0.25) is 11.8 Å². The van der Waals surface area contributed by atoms with Crippen molar-refractivity contribution in [3.8, 4) is 0 Å². The van der Waals surface area contributed by atoms with E-state index < -0.39 is 0 Å². The lowest BCUT2D eigenvalue weighted by Crippen LogP contribution is -2.22. The molecular weight excluding hydrogens is 370 g/mol. The Balaban J connectivity index is 1.71. The molecule has 0 aliphatic carbocycles. The number of aryl methyl sites for hydroxylation is 2. The maximum absolute atomic E-state index is 12.2. The van der Waals surface area contributed by atoms with E-state index >= 15 is 0 Å². The molecule has 0 fully saturated rings. The van der Waals surface area contributed by atoms with Gasteiger partial charge in [-0.05, 0) is 55.3 Å². The number of rotatable bonds is 5. The smallest absolute Gasteiger partial charge is 0.248 e. The lowest BCUT2D eigenvalue weighted by atomic mass is 10.1. The Kier molecular flexibility index (Phi) is 6.01. The molecule has 5 nitrogen and oxygen atoms in total. The van der Waals surface area contributed by atoms with Crippen LogP contribution in [0, 0.1) is 13.8 Å². The minimum absolute atomic E-state index is 0.122. The number of aromatic nitrogens is 1. The number of carbonyl (C=O) groups is 2. The summed E-state index contributed by atoms with van der Waals surface area (Å²) in [4.78, 5) is 30.3. The summed E-state index contributed by atoms with van der Waals surface area (Å²) in [6, 6.07) is 15.1. The predicted octanol–water partition coefficient (Wildman–Crippen LogP) is 5.10. The molecule has 6 heteroatoms. The van der Waals surface area contributed by atoms with E-state index in [1.807, 2.05) is 67.8 Å². The summed E-state index contributed by atoms with van der Waals surface area (Å²) in [5, 5.41) is 5.22. The van der Waals surface area contributed by atoms with Crippen LogP contribution in [0.15, 0.2) is 60.0 Å². The van der Waals surface area contributed by atoms with Gasteiger partial charge in [0, 0.05) is 24.1 Å². The van der Waals surface area contributed by atoms with Gasteiger partial charge in [-0.3, -0.25) is 14.5 Å². The van der Waals surface area contributed by atoms with Crippen molar-refractivity contribution in [3.63, 3.8) is 0 Å². The third-order valence-electron chi connectivity index (χ3n) is 4.21.